The first-order valence-corrected chi connectivity index (χ1v) is 8.57. The van der Waals surface area contributed by atoms with Crippen molar-refractivity contribution in [2.24, 2.45) is 0 Å². The van der Waals surface area contributed by atoms with Crippen molar-refractivity contribution in [2.45, 2.75) is 30.6 Å². The molecular weight excluding hydrogens is 294 g/mol. The van der Waals surface area contributed by atoms with Gasteiger partial charge in [-0.25, -0.2) is 0 Å². The number of aliphatic hydroxyl groups is 1. The number of aliphatic hydroxyl groups excluding tert-OH is 1. The maximum atomic E-state index is 9.77. The standard InChI is InChI=1S/C19H24ClNO/c20-19(10-13-21-11-4-5-12-21)9-8-18(17(14-19)15-22)16-6-2-1-3-7-16/h1-3,6-9,22H,4-5,10-15H2. The predicted octanol–water partition coefficient (Wildman–Crippen LogP) is 3.86. The Kier molecular flexibility index (Phi) is 5.02. The van der Waals surface area contributed by atoms with E-state index in [1.165, 1.54) is 25.9 Å². The molecule has 0 saturated carbocycles. The van der Waals surface area contributed by atoms with Gasteiger partial charge in [0.25, 0.3) is 0 Å². The summed E-state index contributed by atoms with van der Waals surface area (Å²) in [4.78, 5) is 2.14. The molecule has 1 N–H and O–H groups in total. The van der Waals surface area contributed by atoms with Crippen LogP contribution in [0.1, 0.15) is 31.2 Å². The van der Waals surface area contributed by atoms with E-state index < -0.39 is 0 Å². The fourth-order valence-corrected chi connectivity index (χ4v) is 3.75. The van der Waals surface area contributed by atoms with Crippen molar-refractivity contribution in [1.29, 1.82) is 0 Å². The van der Waals surface area contributed by atoms with Crippen LogP contribution in [0.4, 0.5) is 0 Å². The zero-order chi connectivity index (χ0) is 15.4. The number of halogens is 1. The van der Waals surface area contributed by atoms with Gasteiger partial charge in [-0.3, -0.25) is 0 Å². The van der Waals surface area contributed by atoms with Crippen LogP contribution in [0.15, 0.2) is 48.1 Å². The molecule has 1 heterocycles. The average Bonchev–Trinajstić information content (AvgIpc) is 3.07. The highest BCUT2D eigenvalue weighted by atomic mass is 35.5. The molecule has 0 spiro atoms. The fraction of sp³-hybridized carbons (Fsp3) is 0.474. The molecule has 0 amide bonds. The summed E-state index contributed by atoms with van der Waals surface area (Å²) in [7, 11) is 0. The second-order valence-corrected chi connectivity index (χ2v) is 7.14. The molecule has 118 valence electrons. The zero-order valence-corrected chi connectivity index (χ0v) is 13.7. The lowest BCUT2D eigenvalue weighted by atomic mass is 9.84. The van der Waals surface area contributed by atoms with E-state index in [0.717, 1.165) is 36.1 Å². The quantitative estimate of drug-likeness (QED) is 0.834. The number of allylic oxidation sites excluding steroid dienone is 3. The SMILES string of the molecule is OCC1=C(c2ccccc2)C=CC(Cl)(CCN2CCCC2)C1. The summed E-state index contributed by atoms with van der Waals surface area (Å²) < 4.78 is 0. The Morgan fingerprint density at radius 2 is 1.86 bits per heavy atom. The van der Waals surface area contributed by atoms with Crippen LogP contribution in [0.25, 0.3) is 5.57 Å². The van der Waals surface area contributed by atoms with E-state index in [0.29, 0.717) is 0 Å². The van der Waals surface area contributed by atoms with Crippen LogP contribution >= 0.6 is 11.6 Å². The van der Waals surface area contributed by atoms with Crippen LogP contribution in [0.5, 0.6) is 0 Å². The van der Waals surface area contributed by atoms with E-state index in [9.17, 15) is 5.11 Å². The van der Waals surface area contributed by atoms with E-state index >= 15 is 0 Å². The molecule has 1 aromatic rings. The molecule has 3 rings (SSSR count). The Morgan fingerprint density at radius 1 is 1.14 bits per heavy atom. The maximum absolute atomic E-state index is 9.77. The van der Waals surface area contributed by atoms with E-state index in [1.54, 1.807) is 0 Å². The first-order chi connectivity index (χ1) is 10.7. The van der Waals surface area contributed by atoms with Gasteiger partial charge in [0.05, 0.1) is 11.5 Å². The summed E-state index contributed by atoms with van der Waals surface area (Å²) in [6.07, 6.45) is 8.53. The number of benzene rings is 1. The van der Waals surface area contributed by atoms with Crippen LogP contribution in [-0.2, 0) is 0 Å². The fourth-order valence-electron chi connectivity index (χ4n) is 3.44. The minimum Gasteiger partial charge on any atom is -0.392 e. The molecule has 2 nitrogen and oxygen atoms in total. The highest BCUT2D eigenvalue weighted by Gasteiger charge is 2.30. The topological polar surface area (TPSA) is 23.5 Å². The Hall–Kier alpha value is -1.09. The largest absolute Gasteiger partial charge is 0.392 e. The van der Waals surface area contributed by atoms with Crippen LogP contribution in [0, 0.1) is 0 Å². The Morgan fingerprint density at radius 3 is 2.55 bits per heavy atom. The van der Waals surface area contributed by atoms with Gasteiger partial charge in [0, 0.05) is 6.54 Å². The number of rotatable bonds is 5. The molecule has 2 aliphatic rings. The van der Waals surface area contributed by atoms with Crippen molar-refractivity contribution in [1.82, 2.24) is 4.90 Å². The van der Waals surface area contributed by atoms with E-state index in [2.05, 4.69) is 29.2 Å². The van der Waals surface area contributed by atoms with Crippen molar-refractivity contribution >= 4 is 17.2 Å². The molecular formula is C19H24ClNO. The summed E-state index contributed by atoms with van der Waals surface area (Å²) >= 11 is 6.82. The van der Waals surface area contributed by atoms with E-state index in [4.69, 9.17) is 11.6 Å². The molecule has 1 saturated heterocycles. The number of alkyl halides is 1. The smallest absolute Gasteiger partial charge is 0.0679 e. The molecule has 1 aliphatic heterocycles. The molecule has 1 unspecified atom stereocenters. The molecule has 0 radical (unpaired) electrons. The Balaban J connectivity index is 1.71. The summed E-state index contributed by atoms with van der Waals surface area (Å²) in [6.45, 7) is 3.53. The van der Waals surface area contributed by atoms with Crippen molar-refractivity contribution in [3.63, 3.8) is 0 Å². The Labute approximate surface area is 138 Å². The van der Waals surface area contributed by atoms with Gasteiger partial charge >= 0.3 is 0 Å². The van der Waals surface area contributed by atoms with Crippen molar-refractivity contribution < 1.29 is 5.11 Å². The zero-order valence-electron chi connectivity index (χ0n) is 13.0. The lowest BCUT2D eigenvalue weighted by Gasteiger charge is -2.31. The van der Waals surface area contributed by atoms with Crippen LogP contribution in [0.2, 0.25) is 0 Å². The monoisotopic (exact) mass is 317 g/mol. The van der Waals surface area contributed by atoms with Crippen molar-refractivity contribution in [3.05, 3.63) is 53.6 Å². The van der Waals surface area contributed by atoms with Gasteiger partial charge in [0.15, 0.2) is 0 Å². The number of hydrogen-bond donors (Lipinski definition) is 1. The van der Waals surface area contributed by atoms with Gasteiger partial charge in [-0.1, -0.05) is 42.5 Å². The second-order valence-electron chi connectivity index (χ2n) is 6.38. The van der Waals surface area contributed by atoms with Gasteiger partial charge in [0.2, 0.25) is 0 Å². The van der Waals surface area contributed by atoms with Crippen LogP contribution in [0.3, 0.4) is 0 Å². The third kappa shape index (κ3) is 3.62. The third-order valence-electron chi connectivity index (χ3n) is 4.75. The summed E-state index contributed by atoms with van der Waals surface area (Å²) in [6, 6.07) is 10.2. The second kappa shape index (κ2) is 6.99. The van der Waals surface area contributed by atoms with Gasteiger partial charge in [-0.2, -0.15) is 0 Å². The highest BCUT2D eigenvalue weighted by molar-refractivity contribution is 6.25. The number of hydrogen-bond acceptors (Lipinski definition) is 2. The number of likely N-dealkylation sites (tertiary alicyclic amines) is 1. The van der Waals surface area contributed by atoms with Gasteiger partial charge in [0.1, 0.15) is 0 Å². The van der Waals surface area contributed by atoms with E-state index in [-0.39, 0.29) is 11.5 Å². The van der Waals surface area contributed by atoms with Crippen molar-refractivity contribution in [2.75, 3.05) is 26.2 Å². The van der Waals surface area contributed by atoms with Crippen LogP contribution < -0.4 is 0 Å². The lowest BCUT2D eigenvalue weighted by molar-refractivity contribution is 0.307. The Bertz CT molecular complexity index is 560. The predicted molar refractivity (Wildman–Crippen MR) is 93.1 cm³/mol. The highest BCUT2D eigenvalue weighted by Crippen LogP contribution is 2.38. The van der Waals surface area contributed by atoms with Gasteiger partial charge in [-0.15, -0.1) is 11.6 Å². The lowest BCUT2D eigenvalue weighted by Crippen LogP contribution is -2.30. The molecule has 0 aromatic heterocycles. The summed E-state index contributed by atoms with van der Waals surface area (Å²) in [5, 5.41) is 9.77. The molecule has 1 atom stereocenters. The summed E-state index contributed by atoms with van der Waals surface area (Å²) in [5.41, 5.74) is 3.33. The van der Waals surface area contributed by atoms with Crippen molar-refractivity contribution in [3.8, 4) is 0 Å². The minimum atomic E-state index is -0.348. The normalized spacial score (nSPS) is 25.9. The molecule has 3 heteroatoms. The third-order valence-corrected chi connectivity index (χ3v) is 5.20. The first kappa shape index (κ1) is 15.8. The molecule has 1 fully saturated rings. The summed E-state index contributed by atoms with van der Waals surface area (Å²) in [5.74, 6) is 0. The van der Waals surface area contributed by atoms with Gasteiger partial charge in [-0.05, 0) is 55.5 Å². The number of nitrogens with zero attached hydrogens (tertiary/aromatic N) is 1. The molecule has 22 heavy (non-hydrogen) atoms. The molecule has 1 aliphatic carbocycles. The molecule has 1 aromatic carbocycles. The first-order valence-electron chi connectivity index (χ1n) is 8.19. The maximum Gasteiger partial charge on any atom is 0.0679 e. The molecule has 0 bridgehead atoms. The average molecular weight is 318 g/mol. The van der Waals surface area contributed by atoms with Crippen LogP contribution in [-0.4, -0.2) is 41.1 Å². The van der Waals surface area contributed by atoms with E-state index in [1.807, 2.05) is 18.2 Å². The minimum absolute atomic E-state index is 0.0761. The van der Waals surface area contributed by atoms with Gasteiger partial charge < -0.3 is 10.0 Å².